The molecular weight excluding hydrogens is 276 g/mol. The number of hydrogen-bond donors (Lipinski definition) is 1. The van der Waals surface area contributed by atoms with Gasteiger partial charge in [0.15, 0.2) is 11.5 Å². The van der Waals surface area contributed by atoms with Gasteiger partial charge in [-0.1, -0.05) is 6.07 Å². The molecule has 2 aromatic rings. The van der Waals surface area contributed by atoms with Gasteiger partial charge < -0.3 is 14.8 Å². The fourth-order valence-electron chi connectivity index (χ4n) is 2.67. The summed E-state index contributed by atoms with van der Waals surface area (Å²) in [5, 5.41) is 3.10. The van der Waals surface area contributed by atoms with Crippen LogP contribution in [0.1, 0.15) is 17.2 Å². The lowest BCUT2D eigenvalue weighted by atomic mass is 10.0. The summed E-state index contributed by atoms with van der Waals surface area (Å²) in [6.07, 6.45) is 0.527. The highest BCUT2D eigenvalue weighted by Gasteiger charge is 2.26. The van der Waals surface area contributed by atoms with E-state index in [-0.39, 0.29) is 6.04 Å². The van der Waals surface area contributed by atoms with E-state index in [2.05, 4.69) is 5.32 Å². The molecule has 5 heteroatoms. The van der Waals surface area contributed by atoms with Gasteiger partial charge in [-0.15, -0.1) is 0 Å². The molecule has 1 aliphatic heterocycles. The van der Waals surface area contributed by atoms with Crippen molar-refractivity contribution in [1.29, 1.82) is 0 Å². The van der Waals surface area contributed by atoms with Gasteiger partial charge in [0, 0.05) is 6.07 Å². The molecule has 1 atom stereocenters. The standard InChI is InChI=1S/C16H15F2NO2/c1-20-14-4-3-9(7-15(14)21-2)13-6-10-5-11(17)8-12(18)16(10)19-13/h3-5,7-8,13,19H,6H2,1-2H3. The Labute approximate surface area is 121 Å². The number of anilines is 1. The minimum absolute atomic E-state index is 0.115. The van der Waals surface area contributed by atoms with E-state index in [9.17, 15) is 8.78 Å². The van der Waals surface area contributed by atoms with E-state index >= 15 is 0 Å². The quantitative estimate of drug-likeness (QED) is 0.935. The normalized spacial score (nSPS) is 16.3. The summed E-state index contributed by atoms with van der Waals surface area (Å²) in [4.78, 5) is 0. The maximum atomic E-state index is 13.8. The van der Waals surface area contributed by atoms with Crippen LogP contribution in [0.3, 0.4) is 0 Å². The Kier molecular flexibility index (Phi) is 3.41. The highest BCUT2D eigenvalue weighted by molar-refractivity contribution is 5.60. The van der Waals surface area contributed by atoms with Crippen molar-refractivity contribution in [2.45, 2.75) is 12.5 Å². The van der Waals surface area contributed by atoms with Crippen LogP contribution in [0.2, 0.25) is 0 Å². The molecule has 0 saturated carbocycles. The summed E-state index contributed by atoms with van der Waals surface area (Å²) >= 11 is 0. The molecule has 1 heterocycles. The first kappa shape index (κ1) is 13.7. The van der Waals surface area contributed by atoms with Gasteiger partial charge in [0.25, 0.3) is 0 Å². The van der Waals surface area contributed by atoms with Gasteiger partial charge in [0.2, 0.25) is 0 Å². The van der Waals surface area contributed by atoms with Gasteiger partial charge in [-0.2, -0.15) is 0 Å². The Balaban J connectivity index is 1.92. The zero-order valence-corrected chi connectivity index (χ0v) is 11.7. The number of ether oxygens (including phenoxy) is 2. The van der Waals surface area contributed by atoms with Crippen molar-refractivity contribution in [1.82, 2.24) is 0 Å². The van der Waals surface area contributed by atoms with Crippen molar-refractivity contribution in [2.75, 3.05) is 19.5 Å². The van der Waals surface area contributed by atoms with Crippen molar-refractivity contribution >= 4 is 5.69 Å². The van der Waals surface area contributed by atoms with Gasteiger partial charge in [-0.3, -0.25) is 0 Å². The third-order valence-electron chi connectivity index (χ3n) is 3.69. The molecule has 1 N–H and O–H groups in total. The van der Waals surface area contributed by atoms with Crippen LogP contribution >= 0.6 is 0 Å². The Morgan fingerprint density at radius 1 is 1.05 bits per heavy atom. The minimum Gasteiger partial charge on any atom is -0.493 e. The smallest absolute Gasteiger partial charge is 0.161 e. The van der Waals surface area contributed by atoms with Crippen LogP contribution in [-0.2, 0) is 6.42 Å². The average Bonchev–Trinajstić information content (AvgIpc) is 2.90. The third kappa shape index (κ3) is 2.39. The van der Waals surface area contributed by atoms with Crippen LogP contribution in [0.5, 0.6) is 11.5 Å². The maximum absolute atomic E-state index is 13.8. The SMILES string of the molecule is COc1ccc(C2Cc3cc(F)cc(F)c3N2)cc1OC. The van der Waals surface area contributed by atoms with Crippen LogP contribution in [0.4, 0.5) is 14.5 Å². The maximum Gasteiger partial charge on any atom is 0.161 e. The summed E-state index contributed by atoms with van der Waals surface area (Å²) < 4.78 is 37.5. The third-order valence-corrected chi connectivity index (χ3v) is 3.69. The first-order chi connectivity index (χ1) is 10.1. The lowest BCUT2D eigenvalue weighted by molar-refractivity contribution is 0.354. The fourth-order valence-corrected chi connectivity index (χ4v) is 2.67. The molecule has 0 aliphatic carbocycles. The van der Waals surface area contributed by atoms with Crippen molar-refractivity contribution in [3.63, 3.8) is 0 Å². The number of hydrogen-bond acceptors (Lipinski definition) is 3. The van der Waals surface area contributed by atoms with Crippen LogP contribution in [0, 0.1) is 11.6 Å². The monoisotopic (exact) mass is 291 g/mol. The lowest BCUT2D eigenvalue weighted by Crippen LogP contribution is -2.06. The molecule has 0 bridgehead atoms. The van der Waals surface area contributed by atoms with Gasteiger partial charge in [-0.25, -0.2) is 8.78 Å². The molecule has 1 aliphatic rings. The number of methoxy groups -OCH3 is 2. The van der Waals surface area contributed by atoms with Crippen molar-refractivity contribution < 1.29 is 18.3 Å². The molecule has 0 saturated heterocycles. The number of fused-ring (bicyclic) bond motifs is 1. The van der Waals surface area contributed by atoms with Crippen LogP contribution < -0.4 is 14.8 Å². The van der Waals surface area contributed by atoms with Crippen molar-refractivity contribution in [2.24, 2.45) is 0 Å². The molecule has 0 radical (unpaired) electrons. The molecule has 2 aromatic carbocycles. The fraction of sp³-hybridized carbons (Fsp3) is 0.250. The second-order valence-corrected chi connectivity index (χ2v) is 4.94. The highest BCUT2D eigenvalue weighted by atomic mass is 19.1. The number of benzene rings is 2. The van der Waals surface area contributed by atoms with E-state index in [4.69, 9.17) is 9.47 Å². The highest BCUT2D eigenvalue weighted by Crippen LogP contribution is 2.39. The largest absolute Gasteiger partial charge is 0.493 e. The molecule has 3 rings (SSSR count). The van der Waals surface area contributed by atoms with E-state index in [0.717, 1.165) is 11.6 Å². The molecular formula is C16H15F2NO2. The van der Waals surface area contributed by atoms with E-state index < -0.39 is 11.6 Å². The van der Waals surface area contributed by atoms with E-state index in [1.807, 2.05) is 12.1 Å². The zero-order chi connectivity index (χ0) is 15.0. The van der Waals surface area contributed by atoms with Crippen LogP contribution in [0.15, 0.2) is 30.3 Å². The first-order valence-electron chi connectivity index (χ1n) is 6.58. The Morgan fingerprint density at radius 2 is 1.81 bits per heavy atom. The van der Waals surface area contributed by atoms with Gasteiger partial charge in [-0.05, 0) is 35.7 Å². The van der Waals surface area contributed by atoms with Gasteiger partial charge >= 0.3 is 0 Å². The summed E-state index contributed by atoms with van der Waals surface area (Å²) in [5.74, 6) is 0.127. The molecule has 110 valence electrons. The predicted octanol–water partition coefficient (Wildman–Crippen LogP) is 3.69. The van der Waals surface area contributed by atoms with Gasteiger partial charge in [0.05, 0.1) is 25.9 Å². The number of nitrogens with one attached hydrogen (secondary N) is 1. The Morgan fingerprint density at radius 3 is 2.52 bits per heavy atom. The molecule has 0 fully saturated rings. The minimum atomic E-state index is -0.562. The Hall–Kier alpha value is -2.30. The summed E-state index contributed by atoms with van der Waals surface area (Å²) in [5.41, 5.74) is 1.95. The summed E-state index contributed by atoms with van der Waals surface area (Å²) in [6.45, 7) is 0. The topological polar surface area (TPSA) is 30.5 Å². The molecule has 0 amide bonds. The van der Waals surface area contributed by atoms with E-state index in [1.165, 1.54) is 6.07 Å². The Bertz CT molecular complexity index is 688. The predicted molar refractivity (Wildman–Crippen MR) is 76.0 cm³/mol. The van der Waals surface area contributed by atoms with Crippen molar-refractivity contribution in [3.05, 3.63) is 53.1 Å². The zero-order valence-electron chi connectivity index (χ0n) is 11.7. The van der Waals surface area contributed by atoms with E-state index in [0.29, 0.717) is 29.2 Å². The molecule has 21 heavy (non-hydrogen) atoms. The van der Waals surface area contributed by atoms with E-state index in [1.54, 1.807) is 20.3 Å². The first-order valence-corrected chi connectivity index (χ1v) is 6.58. The number of halogens is 2. The lowest BCUT2D eigenvalue weighted by Gasteiger charge is -2.15. The summed E-state index contributed by atoms with van der Waals surface area (Å²) in [7, 11) is 3.13. The van der Waals surface area contributed by atoms with Crippen molar-refractivity contribution in [3.8, 4) is 11.5 Å². The molecule has 3 nitrogen and oxygen atoms in total. The second-order valence-electron chi connectivity index (χ2n) is 4.94. The molecule has 0 aromatic heterocycles. The average molecular weight is 291 g/mol. The second kappa shape index (κ2) is 5.24. The number of rotatable bonds is 3. The van der Waals surface area contributed by atoms with Crippen LogP contribution in [0.25, 0.3) is 0 Å². The van der Waals surface area contributed by atoms with Gasteiger partial charge in [0.1, 0.15) is 11.6 Å². The molecule has 0 spiro atoms. The summed E-state index contributed by atoms with van der Waals surface area (Å²) in [6, 6.07) is 7.68. The molecule has 1 unspecified atom stereocenters. The van der Waals surface area contributed by atoms with Crippen LogP contribution in [-0.4, -0.2) is 14.2 Å².